The van der Waals surface area contributed by atoms with Gasteiger partial charge in [-0.15, -0.1) is 0 Å². The molecule has 2 atom stereocenters. The summed E-state index contributed by atoms with van der Waals surface area (Å²) < 4.78 is 5.47. The number of ether oxygens (including phenoxy) is 1. The first kappa shape index (κ1) is 63.8. The number of nitrogens with one attached hydrogen (secondary N) is 1. The third kappa shape index (κ3) is 51.2. The molecule has 66 heavy (non-hydrogen) atoms. The molecule has 0 saturated carbocycles. The number of unbranched alkanes of at least 4 members (excludes halogenated alkanes) is 36. The van der Waals surface area contributed by atoms with Gasteiger partial charge in [0.1, 0.15) is 0 Å². The summed E-state index contributed by atoms with van der Waals surface area (Å²) in [6, 6.07) is -0.650. The molecule has 0 heterocycles. The Bertz CT molecular complexity index is 1110. The fourth-order valence-corrected chi connectivity index (χ4v) is 8.60. The molecule has 0 aromatic heterocycles. The molecule has 0 rings (SSSR count). The summed E-state index contributed by atoms with van der Waals surface area (Å²) in [6.45, 7) is 4.85. The fourth-order valence-electron chi connectivity index (χ4n) is 8.60. The topological polar surface area (TPSA) is 95.9 Å². The average molecular weight is 927 g/mol. The smallest absolute Gasteiger partial charge is 0.305 e. The van der Waals surface area contributed by atoms with E-state index >= 15 is 0 Å². The molecular weight excluding hydrogens is 815 g/mol. The first-order valence-corrected chi connectivity index (χ1v) is 28.9. The first-order chi connectivity index (χ1) is 32.5. The van der Waals surface area contributed by atoms with E-state index in [0.717, 1.165) is 77.0 Å². The average Bonchev–Trinajstić information content (AvgIpc) is 3.32. The lowest BCUT2D eigenvalue weighted by Gasteiger charge is -2.19. The normalized spacial score (nSPS) is 13.0. The van der Waals surface area contributed by atoms with Crippen LogP contribution in [-0.2, 0) is 14.3 Å². The van der Waals surface area contributed by atoms with Gasteiger partial charge in [-0.05, 0) is 89.9 Å². The summed E-state index contributed by atoms with van der Waals surface area (Å²) in [4.78, 5) is 24.5. The van der Waals surface area contributed by atoms with Gasteiger partial charge in [0.05, 0.1) is 25.4 Å². The van der Waals surface area contributed by atoms with E-state index in [9.17, 15) is 19.8 Å². The van der Waals surface area contributed by atoms with E-state index in [0.29, 0.717) is 19.4 Å². The van der Waals surface area contributed by atoms with Crippen LogP contribution >= 0.6 is 0 Å². The molecule has 0 aliphatic heterocycles. The molecule has 0 radical (unpaired) electrons. The van der Waals surface area contributed by atoms with Crippen molar-refractivity contribution in [3.8, 4) is 0 Å². The summed E-state index contributed by atoms with van der Waals surface area (Å²) in [5.41, 5.74) is 0. The Labute approximate surface area is 410 Å². The van der Waals surface area contributed by atoms with Gasteiger partial charge in [0.25, 0.3) is 0 Å². The van der Waals surface area contributed by atoms with Crippen LogP contribution in [0.4, 0.5) is 0 Å². The van der Waals surface area contributed by atoms with Crippen LogP contribution in [0.1, 0.15) is 296 Å². The van der Waals surface area contributed by atoms with Crippen molar-refractivity contribution in [1.82, 2.24) is 5.32 Å². The van der Waals surface area contributed by atoms with Gasteiger partial charge in [0.2, 0.25) is 5.91 Å². The predicted octanol–water partition coefficient (Wildman–Crippen LogP) is 17.8. The zero-order valence-electron chi connectivity index (χ0n) is 43.9. The molecule has 0 spiro atoms. The molecule has 386 valence electrons. The van der Waals surface area contributed by atoms with Crippen LogP contribution in [-0.4, -0.2) is 47.4 Å². The summed E-state index contributed by atoms with van der Waals surface area (Å²) in [6.07, 6.45) is 69.8. The van der Waals surface area contributed by atoms with Crippen molar-refractivity contribution in [1.29, 1.82) is 0 Å². The monoisotopic (exact) mass is 926 g/mol. The summed E-state index contributed by atoms with van der Waals surface area (Å²) in [7, 11) is 0. The van der Waals surface area contributed by atoms with E-state index in [4.69, 9.17) is 4.74 Å². The van der Waals surface area contributed by atoms with Gasteiger partial charge in [0.15, 0.2) is 0 Å². The van der Waals surface area contributed by atoms with Gasteiger partial charge in [-0.3, -0.25) is 9.59 Å². The lowest BCUT2D eigenvalue weighted by atomic mass is 10.0. The number of carbonyl (C=O) groups is 2. The number of carbonyl (C=O) groups excluding carboxylic acids is 2. The quantitative estimate of drug-likeness (QED) is 0.0321. The molecule has 0 aromatic rings. The maximum absolute atomic E-state index is 12.5. The van der Waals surface area contributed by atoms with Crippen molar-refractivity contribution >= 4 is 11.9 Å². The van der Waals surface area contributed by atoms with Crippen molar-refractivity contribution in [2.24, 2.45) is 0 Å². The second kappa shape index (κ2) is 55.4. The number of rotatable bonds is 53. The van der Waals surface area contributed by atoms with Crippen LogP contribution in [0.15, 0.2) is 48.6 Å². The molecule has 2 unspecified atom stereocenters. The molecule has 3 N–H and O–H groups in total. The highest BCUT2D eigenvalue weighted by atomic mass is 16.5. The highest BCUT2D eigenvalue weighted by molar-refractivity contribution is 5.76. The highest BCUT2D eigenvalue weighted by Gasteiger charge is 2.18. The van der Waals surface area contributed by atoms with Crippen LogP contribution in [0, 0.1) is 0 Å². The summed E-state index contributed by atoms with van der Waals surface area (Å²) in [5, 5.41) is 23.1. The van der Waals surface area contributed by atoms with Gasteiger partial charge in [-0.1, -0.05) is 242 Å². The number of amides is 1. The number of allylic oxidation sites excluding steroid dienone is 7. The minimum Gasteiger partial charge on any atom is -0.466 e. The van der Waals surface area contributed by atoms with E-state index in [2.05, 4.69) is 55.6 Å². The second-order valence-corrected chi connectivity index (χ2v) is 19.6. The zero-order valence-corrected chi connectivity index (χ0v) is 43.9. The SMILES string of the molecule is CCCCCC/C=C\C/C=C\CCCCCCCCCC(=O)OCCCCCCCC/C=C\CCCCCC(=O)NC(CO)C(O)/C=C/CCCCCCCCCCCCCCCCCC. The molecular formula is C60H111NO5. The van der Waals surface area contributed by atoms with Gasteiger partial charge in [0, 0.05) is 12.8 Å². The lowest BCUT2D eigenvalue weighted by molar-refractivity contribution is -0.143. The van der Waals surface area contributed by atoms with Crippen LogP contribution < -0.4 is 5.32 Å². The number of aliphatic hydroxyl groups is 2. The minimum atomic E-state index is -0.863. The third-order valence-electron chi connectivity index (χ3n) is 13.1. The first-order valence-electron chi connectivity index (χ1n) is 28.9. The Kier molecular flexibility index (Phi) is 53.6. The Morgan fingerprint density at radius 3 is 1.20 bits per heavy atom. The molecule has 0 bridgehead atoms. The number of aliphatic hydroxyl groups excluding tert-OH is 2. The van der Waals surface area contributed by atoms with Crippen molar-refractivity contribution < 1.29 is 24.5 Å². The Hall–Kier alpha value is -2.18. The number of esters is 1. The van der Waals surface area contributed by atoms with Crippen LogP contribution in [0.3, 0.4) is 0 Å². The minimum absolute atomic E-state index is 0.0216. The van der Waals surface area contributed by atoms with Crippen molar-refractivity contribution in [2.45, 2.75) is 309 Å². The van der Waals surface area contributed by atoms with E-state index in [-0.39, 0.29) is 18.5 Å². The van der Waals surface area contributed by atoms with E-state index in [1.54, 1.807) is 6.08 Å². The molecule has 0 fully saturated rings. The number of hydrogen-bond donors (Lipinski definition) is 3. The maximum Gasteiger partial charge on any atom is 0.305 e. The van der Waals surface area contributed by atoms with E-state index < -0.39 is 12.1 Å². The summed E-state index contributed by atoms with van der Waals surface area (Å²) >= 11 is 0. The molecule has 0 saturated heterocycles. The van der Waals surface area contributed by atoms with E-state index in [1.165, 1.54) is 193 Å². The largest absolute Gasteiger partial charge is 0.466 e. The maximum atomic E-state index is 12.5. The molecule has 6 heteroatoms. The molecule has 0 aromatic carbocycles. The standard InChI is InChI=1S/C60H111NO5/c1-3-5-7-9-11-13-15-17-19-21-23-25-28-32-36-40-44-48-52-58(63)57(56-62)61-59(64)53-49-45-41-37-33-29-27-31-35-39-43-47-51-55-66-60(65)54-50-46-42-38-34-30-26-24-22-20-18-16-14-12-10-8-6-4-2/h14,16,20,22,29,33,48,52,57-58,62-63H,3-13,15,17-19,21,23-28,30-32,34-47,49-51,53-56H2,1-2H3,(H,61,64)/b16-14-,22-20-,33-29-,52-48+. The Balaban J connectivity index is 3.53. The predicted molar refractivity (Wildman–Crippen MR) is 287 cm³/mol. The van der Waals surface area contributed by atoms with Gasteiger partial charge < -0.3 is 20.3 Å². The molecule has 0 aliphatic rings. The van der Waals surface area contributed by atoms with Crippen molar-refractivity contribution in [3.05, 3.63) is 48.6 Å². The summed E-state index contributed by atoms with van der Waals surface area (Å²) in [5.74, 6) is -0.119. The Morgan fingerprint density at radius 1 is 0.424 bits per heavy atom. The molecule has 6 nitrogen and oxygen atoms in total. The molecule has 0 aliphatic carbocycles. The highest BCUT2D eigenvalue weighted by Crippen LogP contribution is 2.16. The van der Waals surface area contributed by atoms with E-state index in [1.807, 2.05) is 6.08 Å². The van der Waals surface area contributed by atoms with Gasteiger partial charge in [-0.2, -0.15) is 0 Å². The van der Waals surface area contributed by atoms with Crippen molar-refractivity contribution in [3.63, 3.8) is 0 Å². The van der Waals surface area contributed by atoms with Gasteiger partial charge in [-0.25, -0.2) is 0 Å². The van der Waals surface area contributed by atoms with Crippen LogP contribution in [0.5, 0.6) is 0 Å². The Morgan fingerprint density at radius 2 is 0.758 bits per heavy atom. The van der Waals surface area contributed by atoms with Crippen LogP contribution in [0.2, 0.25) is 0 Å². The second-order valence-electron chi connectivity index (χ2n) is 19.6. The number of hydrogen-bond acceptors (Lipinski definition) is 5. The third-order valence-corrected chi connectivity index (χ3v) is 13.1. The molecule has 1 amide bonds. The van der Waals surface area contributed by atoms with Crippen LogP contribution in [0.25, 0.3) is 0 Å². The van der Waals surface area contributed by atoms with Gasteiger partial charge >= 0.3 is 5.97 Å². The zero-order chi connectivity index (χ0) is 47.9. The fraction of sp³-hybridized carbons (Fsp3) is 0.833. The van der Waals surface area contributed by atoms with Crippen molar-refractivity contribution in [2.75, 3.05) is 13.2 Å². The lowest BCUT2D eigenvalue weighted by Crippen LogP contribution is -2.45.